The van der Waals surface area contributed by atoms with E-state index in [1.165, 1.54) is 12.1 Å². The molecule has 0 amide bonds. The van der Waals surface area contributed by atoms with Crippen molar-refractivity contribution in [2.75, 3.05) is 5.73 Å². The van der Waals surface area contributed by atoms with Gasteiger partial charge in [-0.25, -0.2) is 0 Å². The van der Waals surface area contributed by atoms with Crippen LogP contribution in [0.15, 0.2) is 48.5 Å². The zero-order valence-corrected chi connectivity index (χ0v) is 14.4. The number of hydrogen-bond acceptors (Lipinski definition) is 5. The molecule has 6 nitrogen and oxygen atoms in total. The second-order valence-electron chi connectivity index (χ2n) is 6.54. The van der Waals surface area contributed by atoms with Gasteiger partial charge in [0.25, 0.3) is 5.69 Å². The molecule has 0 bridgehead atoms. The van der Waals surface area contributed by atoms with Gasteiger partial charge in [0.15, 0.2) is 0 Å². The van der Waals surface area contributed by atoms with E-state index in [1.54, 1.807) is 52.0 Å². The van der Waals surface area contributed by atoms with Gasteiger partial charge in [-0.15, -0.1) is 0 Å². The summed E-state index contributed by atoms with van der Waals surface area (Å²) in [5, 5.41) is 29.4. The summed E-state index contributed by atoms with van der Waals surface area (Å²) in [4.78, 5) is 9.84. The molecule has 0 radical (unpaired) electrons. The van der Waals surface area contributed by atoms with Crippen LogP contribution in [-0.2, 0) is 11.2 Å². The van der Waals surface area contributed by atoms with Crippen LogP contribution in [0, 0.1) is 10.1 Å². The molecule has 0 aliphatic carbocycles. The van der Waals surface area contributed by atoms with Crippen molar-refractivity contribution in [3.8, 4) is 0 Å². The summed E-state index contributed by atoms with van der Waals surface area (Å²) in [5.41, 5.74) is 6.07. The lowest BCUT2D eigenvalue weighted by Gasteiger charge is -2.17. The van der Waals surface area contributed by atoms with Crippen LogP contribution in [0.5, 0.6) is 0 Å². The topological polar surface area (TPSA) is 110 Å². The second-order valence-corrected chi connectivity index (χ2v) is 6.54. The Bertz CT molecular complexity index is 666. The van der Waals surface area contributed by atoms with Crippen molar-refractivity contribution in [3.05, 3.63) is 69.8 Å². The number of benzene rings is 2. The zero-order chi connectivity index (χ0) is 18.5. The molecule has 130 valence electrons. The highest BCUT2D eigenvalue weighted by Crippen LogP contribution is 2.22. The fourth-order valence-electron chi connectivity index (χ4n) is 1.88. The van der Waals surface area contributed by atoms with Gasteiger partial charge in [0.05, 0.1) is 16.1 Å². The van der Waals surface area contributed by atoms with E-state index >= 15 is 0 Å². The van der Waals surface area contributed by atoms with Gasteiger partial charge < -0.3 is 15.9 Å². The van der Waals surface area contributed by atoms with Crippen molar-refractivity contribution in [2.24, 2.45) is 0 Å². The molecule has 0 fully saturated rings. The normalized spacial score (nSPS) is 11.4. The van der Waals surface area contributed by atoms with Crippen LogP contribution in [0.2, 0.25) is 0 Å². The molecule has 0 saturated heterocycles. The maximum Gasteiger partial charge on any atom is 0.269 e. The molecule has 4 N–H and O–H groups in total. The Morgan fingerprint density at radius 2 is 1.17 bits per heavy atom. The smallest absolute Gasteiger partial charge is 0.269 e. The number of rotatable bonds is 3. The fourth-order valence-corrected chi connectivity index (χ4v) is 1.88. The monoisotopic (exact) mass is 332 g/mol. The standard InChI is InChI=1S/C9H11NO3.C9H13NO/c1-9(2,11)7-3-5-8(6-4-7)10(12)13;1-9(2,11)7-3-5-8(10)6-4-7/h3-6,11H,1-2H3;3-6,11H,10H2,1-2H3. The molecular formula is C18H24N2O4. The lowest BCUT2D eigenvalue weighted by molar-refractivity contribution is -0.384. The Morgan fingerprint density at radius 1 is 0.833 bits per heavy atom. The van der Waals surface area contributed by atoms with Crippen LogP contribution in [0.4, 0.5) is 11.4 Å². The van der Waals surface area contributed by atoms with Crippen molar-refractivity contribution >= 4 is 11.4 Å². The number of anilines is 1. The van der Waals surface area contributed by atoms with E-state index < -0.39 is 16.1 Å². The quantitative estimate of drug-likeness (QED) is 0.454. The van der Waals surface area contributed by atoms with Crippen LogP contribution in [0.25, 0.3) is 0 Å². The largest absolute Gasteiger partial charge is 0.399 e. The number of nitro groups is 1. The second kappa shape index (κ2) is 7.42. The Morgan fingerprint density at radius 3 is 1.46 bits per heavy atom. The molecule has 0 unspecified atom stereocenters. The Kier molecular flexibility index (Phi) is 6.06. The van der Waals surface area contributed by atoms with Crippen LogP contribution in [0.3, 0.4) is 0 Å². The minimum atomic E-state index is -0.949. The molecule has 2 aromatic rings. The first-order chi connectivity index (χ1) is 10.9. The average Bonchev–Trinajstić information content (AvgIpc) is 2.46. The molecule has 0 spiro atoms. The van der Waals surface area contributed by atoms with Gasteiger partial charge in [-0.05, 0) is 63.1 Å². The summed E-state index contributed by atoms with van der Waals surface area (Å²) < 4.78 is 0. The molecule has 2 rings (SSSR count). The maximum atomic E-state index is 10.3. The number of nitro benzene ring substituents is 1. The van der Waals surface area contributed by atoms with Crippen molar-refractivity contribution in [3.63, 3.8) is 0 Å². The molecule has 0 aliphatic heterocycles. The summed E-state index contributed by atoms with van der Waals surface area (Å²) in [5.74, 6) is 0. The summed E-state index contributed by atoms with van der Waals surface area (Å²) in [6.45, 7) is 6.76. The van der Waals surface area contributed by atoms with E-state index in [4.69, 9.17) is 5.73 Å². The molecule has 0 aromatic heterocycles. The van der Waals surface area contributed by atoms with Crippen LogP contribution in [0.1, 0.15) is 38.8 Å². The molecular weight excluding hydrogens is 308 g/mol. The first kappa shape index (κ1) is 19.6. The first-order valence-corrected chi connectivity index (χ1v) is 7.47. The minimum absolute atomic E-state index is 0.0352. The highest BCUT2D eigenvalue weighted by atomic mass is 16.6. The van der Waals surface area contributed by atoms with E-state index in [9.17, 15) is 20.3 Å². The number of nitrogens with zero attached hydrogens (tertiary/aromatic N) is 1. The minimum Gasteiger partial charge on any atom is -0.399 e. The van der Waals surface area contributed by atoms with Crippen LogP contribution in [-0.4, -0.2) is 15.1 Å². The average molecular weight is 332 g/mol. The van der Waals surface area contributed by atoms with E-state index in [0.29, 0.717) is 5.56 Å². The Labute approximate surface area is 141 Å². The summed E-state index contributed by atoms with van der Waals surface area (Å²) in [6, 6.07) is 13.1. The molecule has 24 heavy (non-hydrogen) atoms. The predicted molar refractivity (Wildman–Crippen MR) is 94.4 cm³/mol. The van der Waals surface area contributed by atoms with Gasteiger partial charge in [-0.2, -0.15) is 0 Å². The highest BCUT2D eigenvalue weighted by Gasteiger charge is 2.16. The number of aliphatic hydroxyl groups is 2. The van der Waals surface area contributed by atoms with Crippen molar-refractivity contribution in [2.45, 2.75) is 38.9 Å². The maximum absolute atomic E-state index is 10.3. The predicted octanol–water partition coefficient (Wildman–Crippen LogP) is 3.32. The van der Waals surface area contributed by atoms with Crippen LogP contribution < -0.4 is 5.73 Å². The van der Waals surface area contributed by atoms with Crippen molar-refractivity contribution in [1.82, 2.24) is 0 Å². The number of nitrogens with two attached hydrogens (primary N) is 1. The van der Waals surface area contributed by atoms with Gasteiger partial charge in [0.1, 0.15) is 0 Å². The molecule has 0 heterocycles. The fraction of sp³-hybridized carbons (Fsp3) is 0.333. The summed E-state index contributed by atoms with van der Waals surface area (Å²) in [6.07, 6.45) is 0. The molecule has 0 atom stereocenters. The molecule has 2 aromatic carbocycles. The van der Waals surface area contributed by atoms with Gasteiger partial charge in [-0.3, -0.25) is 10.1 Å². The van der Waals surface area contributed by atoms with E-state index in [1.807, 2.05) is 12.1 Å². The number of hydrogen-bond donors (Lipinski definition) is 3. The van der Waals surface area contributed by atoms with Crippen molar-refractivity contribution < 1.29 is 15.1 Å². The SMILES string of the molecule is CC(C)(O)c1ccc(N)cc1.CC(C)(O)c1ccc([N+](=O)[O-])cc1. The van der Waals surface area contributed by atoms with Gasteiger partial charge in [0.2, 0.25) is 0 Å². The third kappa shape index (κ3) is 5.98. The van der Waals surface area contributed by atoms with E-state index in [-0.39, 0.29) is 5.69 Å². The summed E-state index contributed by atoms with van der Waals surface area (Å²) in [7, 11) is 0. The lowest BCUT2D eigenvalue weighted by Crippen LogP contribution is -2.14. The zero-order valence-electron chi connectivity index (χ0n) is 14.4. The number of non-ortho nitro benzene ring substituents is 1. The lowest BCUT2D eigenvalue weighted by atomic mass is 9.98. The third-order valence-corrected chi connectivity index (χ3v) is 3.40. The van der Waals surface area contributed by atoms with Crippen molar-refractivity contribution in [1.29, 1.82) is 0 Å². The van der Waals surface area contributed by atoms with E-state index in [0.717, 1.165) is 11.3 Å². The van der Waals surface area contributed by atoms with Gasteiger partial charge in [0, 0.05) is 17.8 Å². The summed E-state index contributed by atoms with van der Waals surface area (Å²) >= 11 is 0. The third-order valence-electron chi connectivity index (χ3n) is 3.40. The van der Waals surface area contributed by atoms with Gasteiger partial charge >= 0.3 is 0 Å². The first-order valence-electron chi connectivity index (χ1n) is 7.47. The highest BCUT2D eigenvalue weighted by molar-refractivity contribution is 5.40. The molecule has 6 heteroatoms. The Hall–Kier alpha value is -2.44. The molecule has 0 saturated carbocycles. The number of nitrogen functional groups attached to an aromatic ring is 1. The van der Waals surface area contributed by atoms with Crippen LogP contribution >= 0.6 is 0 Å². The van der Waals surface area contributed by atoms with Gasteiger partial charge in [-0.1, -0.05) is 12.1 Å². The van der Waals surface area contributed by atoms with E-state index in [2.05, 4.69) is 0 Å². The molecule has 0 aliphatic rings. The Balaban J connectivity index is 0.000000243.